The molecule has 20 atom stereocenters. The summed E-state index contributed by atoms with van der Waals surface area (Å²) in [5.74, 6) is -14.1. The third kappa shape index (κ3) is 21.8. The van der Waals surface area contributed by atoms with Crippen molar-refractivity contribution in [1.82, 2.24) is 101 Å². The van der Waals surface area contributed by atoms with Gasteiger partial charge >= 0.3 is 5.97 Å². The number of nitrogens with one attached hydrogen (secondary N) is 8. The normalized spacial score (nSPS) is 30.3. The number of carbonyl (C=O) groups excluding carboxylic acids is 19. The number of rotatable bonds is 30. The molecule has 0 bridgehead atoms. The van der Waals surface area contributed by atoms with Crippen LogP contribution in [0.25, 0.3) is 0 Å². The van der Waals surface area contributed by atoms with Crippen LogP contribution in [0.5, 0.6) is 0 Å². The van der Waals surface area contributed by atoms with Gasteiger partial charge in [0, 0.05) is 117 Å². The minimum absolute atomic E-state index is 0.0202. The van der Waals surface area contributed by atoms with Crippen LogP contribution in [-0.4, -0.2) is 470 Å². The molecule has 0 aromatic carbocycles. The fraction of sp³-hybridized carbons (Fsp3) is 0.756. The summed E-state index contributed by atoms with van der Waals surface area (Å²) < 4.78 is 0. The Balaban J connectivity index is 0.536. The maximum atomic E-state index is 14.5. The first-order chi connectivity index (χ1) is 62.1. The molecule has 0 aromatic heterocycles. The zero-order valence-corrected chi connectivity index (χ0v) is 73.4. The van der Waals surface area contributed by atoms with Gasteiger partial charge in [-0.2, -0.15) is 11.8 Å². The Labute approximate surface area is 752 Å². The monoisotopic (exact) mass is 1850 g/mol. The van der Waals surface area contributed by atoms with Crippen molar-refractivity contribution >= 4 is 130 Å². The Kier molecular flexibility index (Phi) is 31.9. The van der Waals surface area contributed by atoms with Crippen LogP contribution in [0.1, 0.15) is 135 Å². The third-order valence-corrected chi connectivity index (χ3v) is 28.1. The van der Waals surface area contributed by atoms with E-state index in [1.807, 2.05) is 0 Å². The average Bonchev–Trinajstić information content (AvgIpc) is 1.66. The number of carboxylic acid groups (broad SMARTS) is 1. The van der Waals surface area contributed by atoms with E-state index < -0.39 is 273 Å². The number of carboxylic acids is 1. The van der Waals surface area contributed by atoms with Gasteiger partial charge in [0.15, 0.2) is 0 Å². The molecule has 47 nitrogen and oxygen atoms in total. The highest BCUT2D eigenvalue weighted by Crippen LogP contribution is 2.34. The van der Waals surface area contributed by atoms with Crippen molar-refractivity contribution in [3.8, 4) is 0 Å². The second-order valence-electron chi connectivity index (χ2n) is 36.0. The summed E-state index contributed by atoms with van der Waals surface area (Å²) in [4.78, 5) is 291. The number of aliphatic hydroxyl groups excluding tert-OH is 6. The highest BCUT2D eigenvalue weighted by molar-refractivity contribution is 7.98. The first kappa shape index (κ1) is 97.0. The Hall–Kier alpha value is -10.5. The molecule has 13 rings (SSSR count). The van der Waals surface area contributed by atoms with Gasteiger partial charge in [0.2, 0.25) is 112 Å². The molecule has 0 spiro atoms. The minimum atomic E-state index is -1.33. The fourth-order valence-corrected chi connectivity index (χ4v) is 21.4. The van der Waals surface area contributed by atoms with E-state index in [2.05, 4.69) is 42.5 Å². The van der Waals surface area contributed by atoms with E-state index in [0.717, 1.165) is 30.9 Å². The molecule has 13 fully saturated rings. The number of β-amino-alcohol motifs (C(OH)–C–C–N with tert-alkyl or cyclic N) is 6. The minimum Gasteiger partial charge on any atom is -0.480 e. The molecule has 13 aliphatic rings. The number of nitrogens with zero attached hydrogens (tertiary/aromatic N) is 12. The predicted octanol–water partition coefficient (Wildman–Crippen LogP) is -11.5. The van der Waals surface area contributed by atoms with Gasteiger partial charge in [-0.3, -0.25) is 91.1 Å². The molecule has 0 radical (unpaired) electrons. The number of aliphatic carboxylic acids is 1. The third-order valence-electron chi connectivity index (χ3n) is 27.4. The Morgan fingerprint density at radius 3 is 0.808 bits per heavy atom. The maximum absolute atomic E-state index is 14.5. The predicted molar refractivity (Wildman–Crippen MR) is 447 cm³/mol. The van der Waals surface area contributed by atoms with E-state index in [1.165, 1.54) is 46.1 Å². The van der Waals surface area contributed by atoms with E-state index in [1.54, 1.807) is 6.26 Å². The van der Waals surface area contributed by atoms with Crippen molar-refractivity contribution in [3.05, 3.63) is 0 Å². The molecule has 13 aliphatic heterocycles. The van der Waals surface area contributed by atoms with Crippen molar-refractivity contribution in [2.75, 3.05) is 136 Å². The molecular formula is C82H120N20O27S. The van der Waals surface area contributed by atoms with Crippen LogP contribution in [0.4, 0.5) is 0 Å². The van der Waals surface area contributed by atoms with Crippen LogP contribution in [0.15, 0.2) is 0 Å². The Morgan fingerprint density at radius 1 is 0.300 bits per heavy atom. The van der Waals surface area contributed by atoms with Crippen molar-refractivity contribution in [3.63, 3.8) is 0 Å². The molecule has 13 heterocycles. The zero-order valence-electron chi connectivity index (χ0n) is 72.6. The van der Waals surface area contributed by atoms with Crippen LogP contribution in [-0.2, 0) is 95.9 Å². The molecule has 130 heavy (non-hydrogen) atoms. The van der Waals surface area contributed by atoms with Gasteiger partial charge in [-0.05, 0) is 115 Å². The number of hydrogen-bond donors (Lipinski definition) is 15. The number of thioether (sulfide) groups is 1. The SMILES string of the molecule is CSCC[C@H](NC(=O)[C@@H]1CCCN1C(=O)CNC(=O)[C@@H]1C[C@@H](O)CN1C(=O)[C@@H]1CCCN1C(=O)CNC(=O)[C@@H]1C[C@@H](O)CN1C(=O)[C@@H]1CCCN1)C(=O)NCC(=O)N1CCC[C@H]1C(=O)N1C[C@H](O)C[C@H]1C(=O)NCC(=O)N1CCC[C@H]1C(=O)N1C[C@H](O)C[C@H]1C(=O)NCC(=O)N1CCC[C@H]1C(=O)N1C[C@H](O)C[C@H]1C(=O)NCC(=O)N1CCC[C@H]1C(=O)N1C[C@H](O)C[C@H]1C(=O)O. The van der Waals surface area contributed by atoms with Crippen LogP contribution < -0.4 is 42.5 Å². The fourth-order valence-electron chi connectivity index (χ4n) is 20.9. The van der Waals surface area contributed by atoms with Gasteiger partial charge in [0.05, 0.1) is 81.9 Å². The molecule has 716 valence electrons. The molecule has 48 heteroatoms. The van der Waals surface area contributed by atoms with E-state index in [9.17, 15) is 132 Å². The van der Waals surface area contributed by atoms with E-state index in [4.69, 9.17) is 0 Å². The van der Waals surface area contributed by atoms with Crippen LogP contribution in [0, 0.1) is 0 Å². The summed E-state index contributed by atoms with van der Waals surface area (Å²) in [6, 6.07) is -15.9. The average molecular weight is 1850 g/mol. The number of carbonyl (C=O) groups is 20. The van der Waals surface area contributed by atoms with Crippen molar-refractivity contribution < 1.29 is 132 Å². The van der Waals surface area contributed by atoms with Gasteiger partial charge in [-0.25, -0.2) is 4.79 Å². The van der Waals surface area contributed by atoms with Crippen LogP contribution >= 0.6 is 11.8 Å². The molecule has 0 saturated carbocycles. The van der Waals surface area contributed by atoms with Gasteiger partial charge in [-0.15, -0.1) is 0 Å². The number of likely N-dealkylation sites (tertiary alicyclic amines) is 12. The quantitative estimate of drug-likeness (QED) is 0.0318. The summed E-state index contributed by atoms with van der Waals surface area (Å²) in [5, 5.41) is 94.6. The molecule has 13 saturated heterocycles. The molecule has 15 N–H and O–H groups in total. The van der Waals surface area contributed by atoms with Crippen LogP contribution in [0.2, 0.25) is 0 Å². The summed E-state index contributed by atoms with van der Waals surface area (Å²) in [5.41, 5.74) is 0. The molecule has 0 unspecified atom stereocenters. The second kappa shape index (κ2) is 42.8. The first-order valence-corrected chi connectivity index (χ1v) is 46.6. The highest BCUT2D eigenvalue weighted by Gasteiger charge is 2.53. The van der Waals surface area contributed by atoms with Gasteiger partial charge in [0.1, 0.15) is 78.5 Å². The highest BCUT2D eigenvalue weighted by atomic mass is 32.2. The summed E-state index contributed by atoms with van der Waals surface area (Å²) >= 11 is 1.36. The largest absolute Gasteiger partial charge is 0.480 e. The zero-order chi connectivity index (χ0) is 93.4. The van der Waals surface area contributed by atoms with E-state index in [0.29, 0.717) is 57.2 Å². The van der Waals surface area contributed by atoms with Crippen molar-refractivity contribution in [2.45, 2.75) is 256 Å². The number of hydrogen-bond acceptors (Lipinski definition) is 28. The van der Waals surface area contributed by atoms with Crippen LogP contribution in [0.3, 0.4) is 0 Å². The summed E-state index contributed by atoms with van der Waals surface area (Å²) in [6.07, 6.45) is -1.44. The van der Waals surface area contributed by atoms with Gasteiger partial charge in [-0.1, -0.05) is 0 Å². The lowest BCUT2D eigenvalue weighted by Crippen LogP contribution is -2.57. The lowest BCUT2D eigenvalue weighted by molar-refractivity contribution is -0.151. The summed E-state index contributed by atoms with van der Waals surface area (Å²) in [6.45, 7) is -4.02. The molecule has 0 aromatic rings. The molecule has 19 amide bonds. The number of aliphatic hydroxyl groups is 6. The molecule has 0 aliphatic carbocycles. The van der Waals surface area contributed by atoms with Crippen molar-refractivity contribution in [1.29, 1.82) is 0 Å². The lowest BCUT2D eigenvalue weighted by Gasteiger charge is -2.32. The smallest absolute Gasteiger partial charge is 0.326 e. The second-order valence-corrected chi connectivity index (χ2v) is 37.0. The Bertz CT molecular complexity index is 4380. The lowest BCUT2D eigenvalue weighted by atomic mass is 10.1. The Morgan fingerprint density at radius 2 is 0.546 bits per heavy atom. The first-order valence-electron chi connectivity index (χ1n) is 45.2. The maximum Gasteiger partial charge on any atom is 0.326 e. The van der Waals surface area contributed by atoms with E-state index >= 15 is 0 Å². The van der Waals surface area contributed by atoms with Gasteiger partial charge < -0.3 is 137 Å². The molecular weight excluding hydrogens is 1730 g/mol. The van der Waals surface area contributed by atoms with Crippen molar-refractivity contribution in [2.24, 2.45) is 0 Å². The van der Waals surface area contributed by atoms with E-state index in [-0.39, 0.29) is 168 Å². The number of amides is 19. The van der Waals surface area contributed by atoms with Gasteiger partial charge in [0.25, 0.3) is 0 Å². The topological polar surface area (TPSA) is 618 Å². The standard InChI is InChI=1S/C82H120N20O27S/c1-130-24-16-49(90-75(121)51-10-3-18-91(51)63(109)32-85-71(117)58-26-44(104)38-98(58)78(124)53-12-5-20-93(53)65(111)33-86-70(116)57-25-43(103)37-97(57)76(122)50-9-2-17-83-50)69(115)84-31-64(110)92-19-4-11-52(92)77(123)99-39-45(105)27-59(99)72(118)87-34-66(112)94-21-6-13-54(94)79(125)100-40-46(106)28-60(100)73(119)88-35-67(113)95-22-7-14-55(95)80(126)101-41-47(107)29-61(101)74(120)89-36-68(114)96-23-8-15-56(96)81(127)102-42-48(108)30-62(102)82(128)129/h43-62,83,103-108H,2-42H2,1H3,(H,84,115)(H,85,117)(H,86,116)(H,87,118)(H,88,119)(H,89,120)(H,90,121)(H,128,129)/t43-,44-,45-,46-,47-,48-,49+,50+,51+,52+,53+,54+,55+,56+,57+,58+,59+,60+,61+,62+/m1/s1. The summed E-state index contributed by atoms with van der Waals surface area (Å²) in [7, 11) is 0.